The highest BCUT2D eigenvalue weighted by molar-refractivity contribution is 7.89. The van der Waals surface area contributed by atoms with Crippen LogP contribution in [0.5, 0.6) is 11.5 Å². The van der Waals surface area contributed by atoms with Gasteiger partial charge < -0.3 is 14.4 Å². The Bertz CT molecular complexity index is 931. The Morgan fingerprint density at radius 2 is 2.04 bits per heavy atom. The Kier molecular flexibility index (Phi) is 5.95. The minimum Gasteiger partial charge on any atom is -0.495 e. The van der Waals surface area contributed by atoms with Gasteiger partial charge in [-0.05, 0) is 49.5 Å². The predicted molar refractivity (Wildman–Crippen MR) is 105 cm³/mol. The molecule has 8 heteroatoms. The molecule has 6 nitrogen and oxygen atoms in total. The Balaban J connectivity index is 1.83. The lowest BCUT2D eigenvalue weighted by molar-refractivity contribution is 0.299. The zero-order chi connectivity index (χ0) is 19.6. The quantitative estimate of drug-likeness (QED) is 0.760. The second kappa shape index (κ2) is 8.06. The van der Waals surface area contributed by atoms with E-state index in [1.54, 1.807) is 12.1 Å². The predicted octanol–water partition coefficient (Wildman–Crippen LogP) is 2.86. The fourth-order valence-corrected chi connectivity index (χ4v) is 4.61. The van der Waals surface area contributed by atoms with E-state index in [-0.39, 0.29) is 23.2 Å². The van der Waals surface area contributed by atoms with E-state index in [9.17, 15) is 8.42 Å². The van der Waals surface area contributed by atoms with Crippen LogP contribution in [0.4, 0.5) is 0 Å². The molecule has 0 aliphatic carbocycles. The summed E-state index contributed by atoms with van der Waals surface area (Å²) in [7, 11) is 1.48. The van der Waals surface area contributed by atoms with Crippen LogP contribution in [0.2, 0.25) is 5.02 Å². The lowest BCUT2D eigenvalue weighted by Gasteiger charge is -2.25. The maximum Gasteiger partial charge on any atom is 0.244 e. The zero-order valence-corrected chi connectivity index (χ0v) is 17.1. The van der Waals surface area contributed by atoms with Crippen LogP contribution in [0, 0.1) is 0 Å². The lowest BCUT2D eigenvalue weighted by Crippen LogP contribution is -2.34. The molecule has 2 aromatic carbocycles. The van der Waals surface area contributed by atoms with E-state index in [0.717, 1.165) is 23.3 Å². The summed E-state index contributed by atoms with van der Waals surface area (Å²) in [5.74, 6) is 1.16. The first-order chi connectivity index (χ1) is 12.8. The van der Waals surface area contributed by atoms with E-state index in [1.807, 2.05) is 31.1 Å². The van der Waals surface area contributed by atoms with E-state index in [2.05, 4.69) is 10.8 Å². The van der Waals surface area contributed by atoms with Gasteiger partial charge in [-0.1, -0.05) is 23.7 Å². The van der Waals surface area contributed by atoms with Crippen molar-refractivity contribution in [3.63, 3.8) is 0 Å². The number of ether oxygens (including phenoxy) is 2. The monoisotopic (exact) mass is 410 g/mol. The molecule has 1 N–H and O–H groups in total. The van der Waals surface area contributed by atoms with Crippen LogP contribution < -0.4 is 14.2 Å². The highest BCUT2D eigenvalue weighted by Gasteiger charge is 2.24. The molecule has 146 valence electrons. The third-order valence-electron chi connectivity index (χ3n) is 4.60. The van der Waals surface area contributed by atoms with Gasteiger partial charge in [0.1, 0.15) is 16.4 Å². The summed E-state index contributed by atoms with van der Waals surface area (Å²) in [6, 6.07) is 10.4. The summed E-state index contributed by atoms with van der Waals surface area (Å²) in [5, 5.41) is 0.332. The van der Waals surface area contributed by atoms with Gasteiger partial charge in [0, 0.05) is 24.0 Å². The van der Waals surface area contributed by atoms with Crippen LogP contribution in [0.25, 0.3) is 0 Å². The van der Waals surface area contributed by atoms with Crippen molar-refractivity contribution < 1.29 is 17.9 Å². The first-order valence-corrected chi connectivity index (χ1v) is 10.4. The van der Waals surface area contributed by atoms with Crippen molar-refractivity contribution >= 4 is 21.6 Å². The largest absolute Gasteiger partial charge is 0.495 e. The minimum absolute atomic E-state index is 0.0253. The minimum atomic E-state index is -3.78. The van der Waals surface area contributed by atoms with Gasteiger partial charge in [-0.15, -0.1) is 0 Å². The number of nitrogens with zero attached hydrogens (tertiary/aromatic N) is 1. The van der Waals surface area contributed by atoms with Gasteiger partial charge in [-0.25, -0.2) is 13.1 Å². The van der Waals surface area contributed by atoms with Gasteiger partial charge in [-0.3, -0.25) is 0 Å². The Morgan fingerprint density at radius 1 is 1.26 bits per heavy atom. The maximum atomic E-state index is 12.8. The fraction of sp³-hybridized carbons (Fsp3) is 0.368. The average molecular weight is 411 g/mol. The molecule has 0 radical (unpaired) electrons. The molecule has 1 unspecified atom stereocenters. The number of benzene rings is 2. The van der Waals surface area contributed by atoms with Crippen LogP contribution in [-0.2, 0) is 16.4 Å². The third-order valence-corrected chi connectivity index (χ3v) is 6.28. The number of hydrogen-bond donors (Lipinski definition) is 1. The summed E-state index contributed by atoms with van der Waals surface area (Å²) in [5.41, 5.74) is 2.18. The van der Waals surface area contributed by atoms with Crippen molar-refractivity contribution in [2.45, 2.75) is 17.4 Å². The second-order valence-electron chi connectivity index (χ2n) is 6.59. The van der Waals surface area contributed by atoms with Crippen molar-refractivity contribution in [2.24, 2.45) is 0 Å². The molecule has 2 aromatic rings. The van der Waals surface area contributed by atoms with Crippen LogP contribution in [0.3, 0.4) is 0 Å². The molecule has 1 heterocycles. The molecule has 0 saturated heterocycles. The van der Waals surface area contributed by atoms with Crippen LogP contribution in [-0.4, -0.2) is 47.7 Å². The summed E-state index contributed by atoms with van der Waals surface area (Å²) in [4.78, 5) is 2.01. The molecule has 1 atom stereocenters. The van der Waals surface area contributed by atoms with Crippen LogP contribution >= 0.6 is 11.6 Å². The number of hydrogen-bond acceptors (Lipinski definition) is 5. The van der Waals surface area contributed by atoms with Crippen molar-refractivity contribution in [2.75, 3.05) is 34.4 Å². The number of fused-ring (bicyclic) bond motifs is 1. The molecule has 0 bridgehead atoms. The molecule has 3 rings (SSSR count). The summed E-state index contributed by atoms with van der Waals surface area (Å²) in [6.07, 6.45) is 0.870. The maximum absolute atomic E-state index is 12.8. The summed E-state index contributed by atoms with van der Waals surface area (Å²) in [6.45, 7) is 0.900. The van der Waals surface area contributed by atoms with E-state index >= 15 is 0 Å². The normalized spacial score (nSPS) is 14.7. The molecule has 0 aromatic heterocycles. The van der Waals surface area contributed by atoms with Gasteiger partial charge in [0.2, 0.25) is 10.0 Å². The summed E-state index contributed by atoms with van der Waals surface area (Å²) < 4.78 is 39.1. The number of halogens is 1. The molecule has 0 fully saturated rings. The highest BCUT2D eigenvalue weighted by atomic mass is 35.5. The van der Waals surface area contributed by atoms with E-state index in [0.29, 0.717) is 11.6 Å². The first-order valence-electron chi connectivity index (χ1n) is 8.57. The standard InChI is InChI=1S/C19H23ClN2O4S/c1-22(2)16(13-4-6-17-14(10-13)8-9-26-17)12-21-27(23,24)19-11-15(20)5-7-18(19)25-3/h4-7,10-11,16,21H,8-9,12H2,1-3H3. The molecule has 0 spiro atoms. The number of nitrogens with one attached hydrogen (secondary N) is 1. The van der Waals surface area contributed by atoms with Crippen molar-refractivity contribution in [3.05, 3.63) is 52.5 Å². The molecule has 0 amide bonds. The molecule has 1 aliphatic heterocycles. The third kappa shape index (κ3) is 4.38. The van der Waals surface area contributed by atoms with Crippen LogP contribution in [0.1, 0.15) is 17.2 Å². The van der Waals surface area contributed by atoms with E-state index < -0.39 is 10.0 Å². The van der Waals surface area contributed by atoms with Crippen molar-refractivity contribution in [3.8, 4) is 11.5 Å². The molecule has 27 heavy (non-hydrogen) atoms. The van der Waals surface area contributed by atoms with Gasteiger partial charge in [0.05, 0.1) is 13.7 Å². The van der Waals surface area contributed by atoms with Gasteiger partial charge >= 0.3 is 0 Å². The SMILES string of the molecule is COc1ccc(Cl)cc1S(=O)(=O)NCC(c1ccc2c(c1)CCO2)N(C)C. The smallest absolute Gasteiger partial charge is 0.244 e. The number of sulfonamides is 1. The summed E-state index contributed by atoms with van der Waals surface area (Å²) >= 11 is 5.98. The molecular formula is C19H23ClN2O4S. The second-order valence-corrected chi connectivity index (χ2v) is 8.76. The van der Waals surface area contributed by atoms with Gasteiger partial charge in [0.25, 0.3) is 0 Å². The van der Waals surface area contributed by atoms with Gasteiger partial charge in [0.15, 0.2) is 0 Å². The number of rotatable bonds is 7. The van der Waals surface area contributed by atoms with Crippen molar-refractivity contribution in [1.82, 2.24) is 9.62 Å². The Hall–Kier alpha value is -1.80. The molecule has 1 aliphatic rings. The molecule has 0 saturated carbocycles. The zero-order valence-electron chi connectivity index (χ0n) is 15.5. The fourth-order valence-electron chi connectivity index (χ4n) is 3.14. The Morgan fingerprint density at radius 3 is 2.74 bits per heavy atom. The highest BCUT2D eigenvalue weighted by Crippen LogP contribution is 2.30. The van der Waals surface area contributed by atoms with Gasteiger partial charge in [-0.2, -0.15) is 0 Å². The van der Waals surface area contributed by atoms with E-state index in [4.69, 9.17) is 21.1 Å². The lowest BCUT2D eigenvalue weighted by atomic mass is 10.0. The van der Waals surface area contributed by atoms with E-state index in [1.165, 1.54) is 13.2 Å². The number of methoxy groups -OCH3 is 1. The topological polar surface area (TPSA) is 67.9 Å². The first kappa shape index (κ1) is 19.9. The van der Waals surface area contributed by atoms with Crippen LogP contribution in [0.15, 0.2) is 41.3 Å². The Labute approximate surface area is 165 Å². The van der Waals surface area contributed by atoms with Crippen molar-refractivity contribution in [1.29, 1.82) is 0 Å². The number of likely N-dealkylation sites (N-methyl/N-ethyl adjacent to an activating group) is 1. The molecular weight excluding hydrogens is 388 g/mol. The average Bonchev–Trinajstić information content (AvgIpc) is 3.09.